The molecule has 0 aliphatic carbocycles. The van der Waals surface area contributed by atoms with E-state index in [-0.39, 0.29) is 12.7 Å². The summed E-state index contributed by atoms with van der Waals surface area (Å²) in [7, 11) is 0. The molecule has 2 aromatic rings. The fourth-order valence-corrected chi connectivity index (χ4v) is 3.18. The molecule has 2 amide bonds. The molecule has 0 saturated carbocycles. The molecule has 3 rings (SSSR count). The van der Waals surface area contributed by atoms with Crippen molar-refractivity contribution in [2.45, 2.75) is 45.1 Å². The van der Waals surface area contributed by atoms with Gasteiger partial charge in [0.2, 0.25) is 0 Å². The van der Waals surface area contributed by atoms with Gasteiger partial charge in [-0.15, -0.1) is 0 Å². The molecule has 2 atom stereocenters. The molecule has 0 aromatic heterocycles. The lowest BCUT2D eigenvalue weighted by atomic mass is 9.99. The Bertz CT molecular complexity index is 845. The van der Waals surface area contributed by atoms with E-state index in [2.05, 4.69) is 24.7 Å². The lowest BCUT2D eigenvalue weighted by Crippen LogP contribution is -2.43. The molecule has 2 unspecified atom stereocenters. The van der Waals surface area contributed by atoms with Crippen molar-refractivity contribution < 1.29 is 23.8 Å². The minimum absolute atomic E-state index is 0.137. The number of hydrazine groups is 1. The van der Waals surface area contributed by atoms with E-state index in [0.717, 1.165) is 25.9 Å². The number of hydrogen-bond acceptors (Lipinski definition) is 5. The molecule has 7 heteroatoms. The van der Waals surface area contributed by atoms with Gasteiger partial charge in [0.1, 0.15) is 18.1 Å². The molecule has 0 radical (unpaired) electrons. The topological polar surface area (TPSA) is 85.9 Å². The Kier molecular flexibility index (Phi) is 8.29. The van der Waals surface area contributed by atoms with E-state index in [9.17, 15) is 9.59 Å². The second-order valence-corrected chi connectivity index (χ2v) is 7.64. The van der Waals surface area contributed by atoms with Crippen LogP contribution in [0.3, 0.4) is 0 Å². The summed E-state index contributed by atoms with van der Waals surface area (Å²) in [5, 5.41) is 0. The number of ether oxygens (including phenoxy) is 3. The van der Waals surface area contributed by atoms with Crippen LogP contribution >= 0.6 is 0 Å². The fourth-order valence-electron chi connectivity index (χ4n) is 3.18. The van der Waals surface area contributed by atoms with Gasteiger partial charge in [0.15, 0.2) is 6.61 Å². The molecule has 1 aliphatic heterocycles. The zero-order valence-electron chi connectivity index (χ0n) is 18.1. The smallest absolute Gasteiger partial charge is 0.276 e. The average molecular weight is 427 g/mol. The summed E-state index contributed by atoms with van der Waals surface area (Å²) >= 11 is 0. The highest BCUT2D eigenvalue weighted by Gasteiger charge is 2.16. The third-order valence-corrected chi connectivity index (χ3v) is 5.32. The third-order valence-electron chi connectivity index (χ3n) is 5.32. The van der Waals surface area contributed by atoms with Gasteiger partial charge >= 0.3 is 0 Å². The van der Waals surface area contributed by atoms with Crippen molar-refractivity contribution in [3.63, 3.8) is 0 Å². The largest absolute Gasteiger partial charge is 0.491 e. The van der Waals surface area contributed by atoms with Crippen LogP contribution in [0.25, 0.3) is 0 Å². The van der Waals surface area contributed by atoms with Crippen LogP contribution in [0.4, 0.5) is 0 Å². The Labute approximate surface area is 183 Å². The maximum atomic E-state index is 12.2. The zero-order valence-corrected chi connectivity index (χ0v) is 18.1. The first-order valence-electron chi connectivity index (χ1n) is 10.7. The molecule has 1 heterocycles. The molecule has 1 fully saturated rings. The number of carbonyl (C=O) groups excluding carboxylic acids is 2. The van der Waals surface area contributed by atoms with E-state index < -0.39 is 11.8 Å². The average Bonchev–Trinajstić information content (AvgIpc) is 3.33. The molecule has 1 saturated heterocycles. The van der Waals surface area contributed by atoms with Gasteiger partial charge in [-0.1, -0.05) is 26.0 Å². The van der Waals surface area contributed by atoms with Crippen LogP contribution in [-0.2, 0) is 9.53 Å². The molecule has 2 N–H and O–H groups in total. The van der Waals surface area contributed by atoms with Crippen molar-refractivity contribution in [3.05, 3.63) is 59.7 Å². The van der Waals surface area contributed by atoms with Crippen molar-refractivity contribution >= 4 is 11.8 Å². The van der Waals surface area contributed by atoms with Crippen molar-refractivity contribution in [1.82, 2.24) is 10.9 Å². The van der Waals surface area contributed by atoms with Crippen molar-refractivity contribution in [2.75, 3.05) is 19.8 Å². The standard InChI is InChI=1S/C24H30N2O5/c1-3-17(2)18-6-10-21(11-7-18)31-16-23(27)25-26-24(28)19-8-12-20(13-9-19)30-15-22-5-4-14-29-22/h6-13,17,22H,3-5,14-16H2,1-2H3,(H,25,27)(H,26,28). The molecule has 0 bridgehead atoms. The Morgan fingerprint density at radius 3 is 2.35 bits per heavy atom. The summed E-state index contributed by atoms with van der Waals surface area (Å²) in [4.78, 5) is 24.2. The number of nitrogens with one attached hydrogen (secondary N) is 2. The van der Waals surface area contributed by atoms with E-state index in [1.54, 1.807) is 24.3 Å². The number of carbonyl (C=O) groups is 2. The molecule has 7 nitrogen and oxygen atoms in total. The first-order valence-corrected chi connectivity index (χ1v) is 10.7. The van der Waals surface area contributed by atoms with E-state index in [1.807, 2.05) is 24.3 Å². The minimum atomic E-state index is -0.448. The SMILES string of the molecule is CCC(C)c1ccc(OCC(=O)NNC(=O)c2ccc(OCC3CCCO3)cc2)cc1. The van der Waals surface area contributed by atoms with Gasteiger partial charge in [-0.05, 0) is 67.1 Å². The van der Waals surface area contributed by atoms with Crippen LogP contribution in [-0.4, -0.2) is 37.7 Å². The Morgan fingerprint density at radius 2 is 1.71 bits per heavy atom. The first-order chi connectivity index (χ1) is 15.0. The monoisotopic (exact) mass is 426 g/mol. The first kappa shape index (κ1) is 22.6. The van der Waals surface area contributed by atoms with Gasteiger partial charge in [-0.3, -0.25) is 20.4 Å². The van der Waals surface area contributed by atoms with E-state index in [4.69, 9.17) is 14.2 Å². The highest BCUT2D eigenvalue weighted by Crippen LogP contribution is 2.21. The minimum Gasteiger partial charge on any atom is -0.491 e. The second kappa shape index (κ2) is 11.4. The predicted octanol–water partition coefficient (Wildman–Crippen LogP) is 3.60. The Balaban J connectivity index is 1.37. The highest BCUT2D eigenvalue weighted by atomic mass is 16.5. The fraction of sp³-hybridized carbons (Fsp3) is 0.417. The number of rotatable bonds is 9. The Hall–Kier alpha value is -3.06. The molecule has 1 aliphatic rings. The van der Waals surface area contributed by atoms with E-state index >= 15 is 0 Å². The summed E-state index contributed by atoms with van der Waals surface area (Å²) in [6.07, 6.45) is 3.27. The normalized spacial score (nSPS) is 16.4. The number of benzene rings is 2. The van der Waals surface area contributed by atoms with Gasteiger partial charge in [-0.25, -0.2) is 0 Å². The molecular weight excluding hydrogens is 396 g/mol. The summed E-state index contributed by atoms with van der Waals surface area (Å²) in [5.41, 5.74) is 6.38. The number of amides is 2. The Morgan fingerprint density at radius 1 is 1.03 bits per heavy atom. The predicted molar refractivity (Wildman–Crippen MR) is 117 cm³/mol. The van der Waals surface area contributed by atoms with Crippen LogP contribution in [0.15, 0.2) is 48.5 Å². The van der Waals surface area contributed by atoms with Crippen molar-refractivity contribution in [1.29, 1.82) is 0 Å². The second-order valence-electron chi connectivity index (χ2n) is 7.64. The molecule has 31 heavy (non-hydrogen) atoms. The molecule has 2 aromatic carbocycles. The third kappa shape index (κ3) is 7.00. The van der Waals surface area contributed by atoms with Gasteiger partial charge in [-0.2, -0.15) is 0 Å². The van der Waals surface area contributed by atoms with Gasteiger partial charge in [0.05, 0.1) is 6.10 Å². The van der Waals surface area contributed by atoms with Crippen LogP contribution < -0.4 is 20.3 Å². The van der Waals surface area contributed by atoms with E-state index in [0.29, 0.717) is 29.6 Å². The maximum absolute atomic E-state index is 12.2. The van der Waals surface area contributed by atoms with Crippen LogP contribution in [0.2, 0.25) is 0 Å². The molecule has 166 valence electrons. The van der Waals surface area contributed by atoms with Crippen LogP contribution in [0, 0.1) is 0 Å². The van der Waals surface area contributed by atoms with Gasteiger partial charge in [0, 0.05) is 12.2 Å². The summed E-state index contributed by atoms with van der Waals surface area (Å²) in [6.45, 7) is 5.40. The van der Waals surface area contributed by atoms with E-state index in [1.165, 1.54) is 5.56 Å². The van der Waals surface area contributed by atoms with Crippen molar-refractivity contribution in [2.24, 2.45) is 0 Å². The van der Waals surface area contributed by atoms with Crippen LogP contribution in [0.1, 0.15) is 54.9 Å². The summed E-state index contributed by atoms with van der Waals surface area (Å²) in [5.74, 6) is 0.887. The van der Waals surface area contributed by atoms with Crippen molar-refractivity contribution in [3.8, 4) is 11.5 Å². The summed E-state index contributed by atoms with van der Waals surface area (Å²) < 4.78 is 16.7. The lowest BCUT2D eigenvalue weighted by Gasteiger charge is -2.12. The highest BCUT2D eigenvalue weighted by molar-refractivity contribution is 5.95. The number of hydrogen-bond donors (Lipinski definition) is 2. The maximum Gasteiger partial charge on any atom is 0.276 e. The van der Waals surface area contributed by atoms with Gasteiger partial charge in [0.25, 0.3) is 11.8 Å². The summed E-state index contributed by atoms with van der Waals surface area (Å²) in [6, 6.07) is 14.4. The zero-order chi connectivity index (χ0) is 22.1. The molecule has 0 spiro atoms. The van der Waals surface area contributed by atoms with Crippen LogP contribution in [0.5, 0.6) is 11.5 Å². The molecular formula is C24H30N2O5. The van der Waals surface area contributed by atoms with Gasteiger partial charge < -0.3 is 14.2 Å². The quantitative estimate of drug-likeness (QED) is 0.599. The lowest BCUT2D eigenvalue weighted by molar-refractivity contribution is -0.123.